The summed E-state index contributed by atoms with van der Waals surface area (Å²) in [6.45, 7) is 1.35. The first-order valence-electron chi connectivity index (χ1n) is 11.0. The lowest BCUT2D eigenvalue weighted by atomic mass is 10.1. The smallest absolute Gasteiger partial charge is 0.291 e. The summed E-state index contributed by atoms with van der Waals surface area (Å²) in [5.74, 6) is 0.611. The monoisotopic (exact) mass is 452 g/mol. The fourth-order valence-electron chi connectivity index (χ4n) is 4.14. The summed E-state index contributed by atoms with van der Waals surface area (Å²) in [5, 5.41) is 3.56. The molecule has 2 heterocycles. The average Bonchev–Trinajstić information content (AvgIpc) is 3.00. The van der Waals surface area contributed by atoms with E-state index >= 15 is 0 Å². The molecular weight excluding hydrogens is 424 g/mol. The van der Waals surface area contributed by atoms with E-state index in [0.29, 0.717) is 52.6 Å². The molecule has 4 rings (SSSR count). The Labute approximate surface area is 192 Å². The van der Waals surface area contributed by atoms with Crippen LogP contribution >= 0.6 is 0 Å². The van der Waals surface area contributed by atoms with Gasteiger partial charge in [0.15, 0.2) is 11.5 Å². The molecule has 1 aliphatic rings. The molecule has 0 bridgehead atoms. The second-order valence-corrected chi connectivity index (χ2v) is 7.88. The van der Waals surface area contributed by atoms with Crippen molar-refractivity contribution in [2.45, 2.75) is 25.7 Å². The van der Waals surface area contributed by atoms with Gasteiger partial charge in [-0.25, -0.2) is 0 Å². The van der Waals surface area contributed by atoms with Crippen LogP contribution < -0.4 is 19.5 Å². The summed E-state index contributed by atoms with van der Waals surface area (Å²) in [6, 6.07) is 10.4. The first-order valence-corrected chi connectivity index (χ1v) is 11.0. The number of likely N-dealkylation sites (tertiary alicyclic amines) is 1. The number of rotatable bonds is 6. The molecule has 0 saturated carbocycles. The number of benzene rings is 2. The molecule has 8 nitrogen and oxygen atoms in total. The molecule has 0 unspecified atom stereocenters. The van der Waals surface area contributed by atoms with E-state index in [1.54, 1.807) is 23.1 Å². The summed E-state index contributed by atoms with van der Waals surface area (Å²) in [7, 11) is 4.47. The van der Waals surface area contributed by atoms with E-state index < -0.39 is 5.91 Å². The first-order chi connectivity index (χ1) is 16.1. The minimum Gasteiger partial charge on any atom is -0.493 e. The van der Waals surface area contributed by atoms with Gasteiger partial charge in [-0.2, -0.15) is 0 Å². The molecule has 1 saturated heterocycles. The molecule has 0 atom stereocenters. The van der Waals surface area contributed by atoms with Gasteiger partial charge in [0.05, 0.1) is 21.3 Å². The Morgan fingerprint density at radius 2 is 1.55 bits per heavy atom. The van der Waals surface area contributed by atoms with Crippen molar-refractivity contribution in [2.75, 3.05) is 39.7 Å². The molecule has 8 heteroatoms. The van der Waals surface area contributed by atoms with Gasteiger partial charge in [0.25, 0.3) is 11.8 Å². The van der Waals surface area contributed by atoms with E-state index in [9.17, 15) is 9.59 Å². The molecule has 174 valence electrons. The van der Waals surface area contributed by atoms with Gasteiger partial charge in [-0.05, 0) is 37.1 Å². The largest absolute Gasteiger partial charge is 0.493 e. The van der Waals surface area contributed by atoms with E-state index in [4.69, 9.17) is 18.6 Å². The third kappa shape index (κ3) is 4.46. The van der Waals surface area contributed by atoms with Crippen LogP contribution in [0.4, 0.5) is 5.69 Å². The number of furan rings is 1. The van der Waals surface area contributed by atoms with Crippen LogP contribution in [0.5, 0.6) is 17.2 Å². The van der Waals surface area contributed by atoms with Crippen LogP contribution in [0.3, 0.4) is 0 Å². The summed E-state index contributed by atoms with van der Waals surface area (Å²) in [6.07, 6.45) is 4.13. The summed E-state index contributed by atoms with van der Waals surface area (Å²) < 4.78 is 22.0. The van der Waals surface area contributed by atoms with Crippen LogP contribution in [-0.2, 0) is 0 Å². The van der Waals surface area contributed by atoms with Crippen LogP contribution in [-0.4, -0.2) is 51.1 Å². The molecule has 1 aliphatic heterocycles. The fourth-order valence-corrected chi connectivity index (χ4v) is 4.14. The Kier molecular flexibility index (Phi) is 6.72. The summed E-state index contributed by atoms with van der Waals surface area (Å²) in [4.78, 5) is 28.4. The number of carbonyl (C=O) groups is 2. The van der Waals surface area contributed by atoms with Crippen molar-refractivity contribution in [3.63, 3.8) is 0 Å². The molecule has 1 fully saturated rings. The third-order valence-corrected chi connectivity index (χ3v) is 5.85. The van der Waals surface area contributed by atoms with E-state index in [-0.39, 0.29) is 11.7 Å². The number of para-hydroxylation sites is 1. The zero-order valence-electron chi connectivity index (χ0n) is 19.1. The van der Waals surface area contributed by atoms with Gasteiger partial charge in [-0.1, -0.05) is 25.0 Å². The summed E-state index contributed by atoms with van der Waals surface area (Å²) in [5.41, 5.74) is 1.19. The Hall–Kier alpha value is -3.68. The third-order valence-electron chi connectivity index (χ3n) is 5.85. The van der Waals surface area contributed by atoms with Crippen molar-refractivity contribution in [1.82, 2.24) is 4.90 Å². The Morgan fingerprint density at radius 1 is 0.909 bits per heavy atom. The topological polar surface area (TPSA) is 90.2 Å². The van der Waals surface area contributed by atoms with Gasteiger partial charge in [-0.3, -0.25) is 9.59 Å². The zero-order valence-corrected chi connectivity index (χ0v) is 19.1. The molecule has 1 N–H and O–H groups in total. The number of hydrogen-bond donors (Lipinski definition) is 1. The lowest BCUT2D eigenvalue weighted by Crippen LogP contribution is -2.32. The predicted molar refractivity (Wildman–Crippen MR) is 125 cm³/mol. The van der Waals surface area contributed by atoms with Gasteiger partial charge in [0.2, 0.25) is 11.5 Å². The average molecular weight is 453 g/mol. The van der Waals surface area contributed by atoms with Crippen LogP contribution in [0, 0.1) is 0 Å². The summed E-state index contributed by atoms with van der Waals surface area (Å²) >= 11 is 0. The first kappa shape index (κ1) is 22.5. The number of methoxy groups -OCH3 is 3. The van der Waals surface area contributed by atoms with E-state index in [1.165, 1.54) is 21.3 Å². The lowest BCUT2D eigenvalue weighted by molar-refractivity contribution is 0.0733. The maximum Gasteiger partial charge on any atom is 0.291 e. The van der Waals surface area contributed by atoms with Crippen molar-refractivity contribution in [1.29, 1.82) is 0 Å². The highest BCUT2D eigenvalue weighted by atomic mass is 16.5. The van der Waals surface area contributed by atoms with Gasteiger partial charge in [-0.15, -0.1) is 0 Å². The van der Waals surface area contributed by atoms with E-state index in [1.807, 2.05) is 18.2 Å². The highest BCUT2D eigenvalue weighted by Gasteiger charge is 2.27. The normalized spacial score (nSPS) is 14.0. The maximum absolute atomic E-state index is 13.4. The van der Waals surface area contributed by atoms with Gasteiger partial charge >= 0.3 is 0 Å². The fraction of sp³-hybridized carbons (Fsp3) is 0.360. The Bertz CT molecular complexity index is 1140. The number of ether oxygens (including phenoxy) is 3. The van der Waals surface area contributed by atoms with Crippen LogP contribution in [0.1, 0.15) is 46.6 Å². The lowest BCUT2D eigenvalue weighted by Gasteiger charge is -2.19. The maximum atomic E-state index is 13.4. The van der Waals surface area contributed by atoms with Crippen LogP contribution in [0.15, 0.2) is 40.8 Å². The predicted octanol–water partition coefficient (Wildman–Crippen LogP) is 4.73. The minimum absolute atomic E-state index is 0.138. The number of anilines is 1. The quantitative estimate of drug-likeness (QED) is 0.582. The standard InChI is InChI=1S/C25H28N2O6/c1-30-19-14-16(15-20(31-2)22(19)32-3)24(28)26-21-17-10-6-7-11-18(17)33-23(21)25(29)27-12-8-4-5-9-13-27/h6-7,10-11,14-15H,4-5,8-9,12-13H2,1-3H3,(H,26,28). The van der Waals surface area contributed by atoms with Crippen molar-refractivity contribution in [3.8, 4) is 17.2 Å². The van der Waals surface area contributed by atoms with Crippen LogP contribution in [0.2, 0.25) is 0 Å². The second kappa shape index (κ2) is 9.85. The molecule has 2 aromatic carbocycles. The molecule has 2 amide bonds. The van der Waals surface area contributed by atoms with Crippen molar-refractivity contribution in [2.24, 2.45) is 0 Å². The van der Waals surface area contributed by atoms with Gasteiger partial charge in [0.1, 0.15) is 11.3 Å². The molecule has 33 heavy (non-hydrogen) atoms. The van der Waals surface area contributed by atoms with Gasteiger partial charge < -0.3 is 28.8 Å². The molecule has 0 spiro atoms. The molecule has 0 aliphatic carbocycles. The Morgan fingerprint density at radius 3 is 2.15 bits per heavy atom. The number of hydrogen-bond acceptors (Lipinski definition) is 6. The minimum atomic E-state index is -0.425. The van der Waals surface area contributed by atoms with Gasteiger partial charge in [0, 0.05) is 24.0 Å². The van der Waals surface area contributed by atoms with E-state index in [2.05, 4.69) is 5.32 Å². The molecule has 3 aromatic rings. The number of carbonyl (C=O) groups excluding carboxylic acids is 2. The van der Waals surface area contributed by atoms with E-state index in [0.717, 1.165) is 25.7 Å². The second-order valence-electron chi connectivity index (χ2n) is 7.88. The number of nitrogens with one attached hydrogen (secondary N) is 1. The molecule has 0 radical (unpaired) electrons. The van der Waals surface area contributed by atoms with Crippen LogP contribution in [0.25, 0.3) is 11.0 Å². The molecule has 1 aromatic heterocycles. The van der Waals surface area contributed by atoms with Crippen molar-refractivity contribution < 1.29 is 28.2 Å². The zero-order chi connectivity index (χ0) is 23.4. The SMILES string of the molecule is COc1cc(C(=O)Nc2c(C(=O)N3CCCCCC3)oc3ccccc23)cc(OC)c1OC. The number of fused-ring (bicyclic) bond motifs is 1. The van der Waals surface area contributed by atoms with Crippen molar-refractivity contribution in [3.05, 3.63) is 47.7 Å². The number of nitrogens with zero attached hydrogens (tertiary/aromatic N) is 1. The van der Waals surface area contributed by atoms with Crippen molar-refractivity contribution >= 4 is 28.5 Å². The molecular formula is C25H28N2O6. The Balaban J connectivity index is 1.72. The highest BCUT2D eigenvalue weighted by Crippen LogP contribution is 2.39. The number of amides is 2. The highest BCUT2D eigenvalue weighted by molar-refractivity contribution is 6.14.